The molecule has 0 saturated carbocycles. The summed E-state index contributed by atoms with van der Waals surface area (Å²) >= 11 is 1.24. The highest BCUT2D eigenvalue weighted by Crippen LogP contribution is 2.11. The number of tetrazole rings is 1. The highest BCUT2D eigenvalue weighted by Gasteiger charge is 2.08. The molecule has 0 aliphatic heterocycles. The van der Waals surface area contributed by atoms with Crippen molar-refractivity contribution in [2.45, 2.75) is 5.16 Å². The number of H-pyrrole nitrogens is 1. The van der Waals surface area contributed by atoms with Crippen LogP contribution in [0.15, 0.2) is 11.5 Å². The minimum absolute atomic E-state index is 0.203. The summed E-state index contributed by atoms with van der Waals surface area (Å²) in [6.07, 6.45) is 1.31. The average Bonchev–Trinajstić information content (AvgIpc) is 2.87. The maximum atomic E-state index is 11.4. The summed E-state index contributed by atoms with van der Waals surface area (Å²) in [5.74, 6) is 0.320. The molecule has 2 aromatic rings. The molecule has 0 spiro atoms. The fourth-order valence-electron chi connectivity index (χ4n) is 0.907. The van der Waals surface area contributed by atoms with Gasteiger partial charge in [-0.15, -0.1) is 5.10 Å². The Hall–Kier alpha value is -1.97. The Kier molecular flexibility index (Phi) is 3.10. The Bertz CT molecular complexity index is 465. The van der Waals surface area contributed by atoms with Gasteiger partial charge in [0.1, 0.15) is 6.33 Å². The number of aryl methyl sites for hydroxylation is 1. The molecule has 0 atom stereocenters. The van der Waals surface area contributed by atoms with Crippen molar-refractivity contribution in [3.8, 4) is 0 Å². The van der Waals surface area contributed by atoms with Crippen LogP contribution in [-0.2, 0) is 11.8 Å². The first-order valence-electron chi connectivity index (χ1n) is 4.26. The summed E-state index contributed by atoms with van der Waals surface area (Å²) in [7, 11) is 1.71. The molecule has 0 radical (unpaired) electrons. The second-order valence-electron chi connectivity index (χ2n) is 2.76. The number of hydrogen-bond acceptors (Lipinski definition) is 7. The first kappa shape index (κ1) is 10.5. The summed E-state index contributed by atoms with van der Waals surface area (Å²) in [4.78, 5) is 15.2. The van der Waals surface area contributed by atoms with Gasteiger partial charge < -0.3 is 0 Å². The van der Waals surface area contributed by atoms with Gasteiger partial charge in [0.2, 0.25) is 17.0 Å². The fourth-order valence-corrected chi connectivity index (χ4v) is 1.56. The Morgan fingerprint density at radius 2 is 2.56 bits per heavy atom. The molecule has 0 aliphatic carbocycles. The van der Waals surface area contributed by atoms with Crippen LogP contribution in [0.25, 0.3) is 0 Å². The molecule has 16 heavy (non-hydrogen) atoms. The predicted molar refractivity (Wildman–Crippen MR) is 54.5 cm³/mol. The summed E-state index contributed by atoms with van der Waals surface area (Å²) in [5.41, 5.74) is 0. The van der Waals surface area contributed by atoms with Gasteiger partial charge in [0, 0.05) is 7.05 Å². The zero-order chi connectivity index (χ0) is 11.4. The first-order valence-corrected chi connectivity index (χ1v) is 5.24. The van der Waals surface area contributed by atoms with Crippen LogP contribution in [0.5, 0.6) is 0 Å². The highest BCUT2D eigenvalue weighted by molar-refractivity contribution is 7.99. The zero-order valence-corrected chi connectivity index (χ0v) is 9.10. The SMILES string of the molecule is Cn1nnnc1SCC(=O)Nc1ncn[nH]1. The van der Waals surface area contributed by atoms with Crippen LogP contribution in [0.4, 0.5) is 5.95 Å². The topological polar surface area (TPSA) is 114 Å². The minimum Gasteiger partial charge on any atom is -0.294 e. The quantitative estimate of drug-likeness (QED) is 0.663. The smallest absolute Gasteiger partial charge is 0.237 e. The van der Waals surface area contributed by atoms with Crippen LogP contribution in [0.3, 0.4) is 0 Å². The summed E-state index contributed by atoms with van der Waals surface area (Å²) in [6, 6.07) is 0. The van der Waals surface area contributed by atoms with Gasteiger partial charge in [-0.25, -0.2) is 9.78 Å². The van der Waals surface area contributed by atoms with E-state index in [4.69, 9.17) is 0 Å². The third-order valence-corrected chi connectivity index (χ3v) is 2.60. The maximum Gasteiger partial charge on any atom is 0.237 e. The second-order valence-corrected chi connectivity index (χ2v) is 3.70. The van der Waals surface area contributed by atoms with E-state index in [9.17, 15) is 4.79 Å². The van der Waals surface area contributed by atoms with Crippen molar-refractivity contribution in [2.24, 2.45) is 7.05 Å². The molecule has 10 heteroatoms. The van der Waals surface area contributed by atoms with E-state index in [0.29, 0.717) is 11.1 Å². The highest BCUT2D eigenvalue weighted by atomic mass is 32.2. The van der Waals surface area contributed by atoms with Crippen LogP contribution in [0.1, 0.15) is 0 Å². The average molecular weight is 240 g/mol. The van der Waals surface area contributed by atoms with E-state index >= 15 is 0 Å². The largest absolute Gasteiger partial charge is 0.294 e. The van der Waals surface area contributed by atoms with Crippen molar-refractivity contribution in [2.75, 3.05) is 11.1 Å². The third-order valence-electron chi connectivity index (χ3n) is 1.59. The molecule has 2 aromatic heterocycles. The molecule has 0 saturated heterocycles. The minimum atomic E-state index is -0.204. The van der Waals surface area contributed by atoms with Crippen molar-refractivity contribution >= 4 is 23.6 Å². The van der Waals surface area contributed by atoms with Gasteiger partial charge in [-0.05, 0) is 10.4 Å². The molecular formula is C6H8N8OS. The molecule has 2 heterocycles. The molecule has 0 aliphatic rings. The van der Waals surface area contributed by atoms with Gasteiger partial charge in [0.05, 0.1) is 5.75 Å². The Morgan fingerprint density at radius 3 is 3.19 bits per heavy atom. The van der Waals surface area contributed by atoms with Crippen molar-refractivity contribution in [3.05, 3.63) is 6.33 Å². The molecule has 1 amide bonds. The molecule has 9 nitrogen and oxygen atoms in total. The van der Waals surface area contributed by atoms with Gasteiger partial charge in [0.15, 0.2) is 0 Å². The van der Waals surface area contributed by atoms with Crippen molar-refractivity contribution in [1.29, 1.82) is 0 Å². The van der Waals surface area contributed by atoms with Gasteiger partial charge in [0.25, 0.3) is 0 Å². The number of anilines is 1. The van der Waals surface area contributed by atoms with Crippen molar-refractivity contribution < 1.29 is 4.79 Å². The number of carbonyl (C=O) groups excluding carboxylic acids is 1. The van der Waals surface area contributed by atoms with Gasteiger partial charge in [-0.3, -0.25) is 10.1 Å². The Labute approximate surface area is 94.0 Å². The van der Waals surface area contributed by atoms with E-state index in [1.165, 1.54) is 22.8 Å². The van der Waals surface area contributed by atoms with Crippen LogP contribution in [0, 0.1) is 0 Å². The normalized spacial score (nSPS) is 10.3. The number of aromatic amines is 1. The predicted octanol–water partition coefficient (Wildman–Crippen LogP) is -0.941. The zero-order valence-electron chi connectivity index (χ0n) is 8.28. The van der Waals surface area contributed by atoms with Crippen molar-refractivity contribution in [1.82, 2.24) is 35.4 Å². The van der Waals surface area contributed by atoms with Crippen LogP contribution < -0.4 is 5.32 Å². The molecule has 0 fully saturated rings. The van der Waals surface area contributed by atoms with E-state index in [2.05, 4.69) is 36.0 Å². The summed E-state index contributed by atoms with van der Waals surface area (Å²) < 4.78 is 1.49. The van der Waals surface area contributed by atoms with Crippen LogP contribution in [-0.4, -0.2) is 47.0 Å². The number of nitrogens with one attached hydrogen (secondary N) is 2. The van der Waals surface area contributed by atoms with Gasteiger partial charge in [-0.1, -0.05) is 11.8 Å². The number of aromatic nitrogens is 7. The van der Waals surface area contributed by atoms with E-state index < -0.39 is 0 Å². The third kappa shape index (κ3) is 2.53. The Morgan fingerprint density at radius 1 is 1.69 bits per heavy atom. The molecule has 2 rings (SSSR count). The van der Waals surface area contributed by atoms with E-state index in [1.807, 2.05) is 0 Å². The molecule has 2 N–H and O–H groups in total. The summed E-state index contributed by atoms with van der Waals surface area (Å²) in [6.45, 7) is 0. The lowest BCUT2D eigenvalue weighted by Gasteiger charge is -1.99. The summed E-state index contributed by atoms with van der Waals surface area (Å²) in [5, 5.41) is 20.1. The number of carbonyl (C=O) groups is 1. The fraction of sp³-hybridized carbons (Fsp3) is 0.333. The van der Waals surface area contributed by atoms with Gasteiger partial charge >= 0.3 is 0 Å². The monoisotopic (exact) mass is 240 g/mol. The van der Waals surface area contributed by atoms with E-state index in [0.717, 1.165) is 0 Å². The molecule has 0 aromatic carbocycles. The lowest BCUT2D eigenvalue weighted by atomic mass is 10.7. The van der Waals surface area contributed by atoms with Gasteiger partial charge in [-0.2, -0.15) is 10.1 Å². The first-order chi connectivity index (χ1) is 7.75. The van der Waals surface area contributed by atoms with E-state index in [1.54, 1.807) is 7.05 Å². The van der Waals surface area contributed by atoms with Crippen molar-refractivity contribution in [3.63, 3.8) is 0 Å². The number of amides is 1. The molecule has 0 unspecified atom stereocenters. The van der Waals surface area contributed by atoms with Crippen LogP contribution in [0.2, 0.25) is 0 Å². The number of hydrogen-bond donors (Lipinski definition) is 2. The molecular weight excluding hydrogens is 232 g/mol. The van der Waals surface area contributed by atoms with E-state index in [-0.39, 0.29) is 11.7 Å². The lowest BCUT2D eigenvalue weighted by Crippen LogP contribution is -2.15. The molecule has 0 bridgehead atoms. The van der Waals surface area contributed by atoms with Crippen LogP contribution >= 0.6 is 11.8 Å². The second kappa shape index (κ2) is 4.70. The molecule has 84 valence electrons. The number of rotatable bonds is 4. The lowest BCUT2D eigenvalue weighted by molar-refractivity contribution is -0.113. The number of thioether (sulfide) groups is 1. The maximum absolute atomic E-state index is 11.4. The number of nitrogens with zero attached hydrogens (tertiary/aromatic N) is 6. The Balaban J connectivity index is 1.82. The standard InChI is InChI=1S/C6H8N8OS/c1-14-6(11-12-13-14)16-2-4(15)9-5-7-3-8-10-5/h3H,2H2,1H3,(H2,7,8,9,10,15).